The van der Waals surface area contributed by atoms with Crippen molar-refractivity contribution in [3.63, 3.8) is 0 Å². The van der Waals surface area contributed by atoms with E-state index in [9.17, 15) is 14.0 Å². The number of methoxy groups -OCH3 is 1. The van der Waals surface area contributed by atoms with Crippen LogP contribution in [0.3, 0.4) is 0 Å². The molecule has 0 saturated carbocycles. The highest BCUT2D eigenvalue weighted by molar-refractivity contribution is 5.84. The highest BCUT2D eigenvalue weighted by Gasteiger charge is 2.32. The normalized spacial score (nSPS) is 17.9. The zero-order valence-electron chi connectivity index (χ0n) is 12.6. The molecule has 6 heteroatoms. The van der Waals surface area contributed by atoms with Crippen LogP contribution < -0.4 is 4.74 Å². The molecule has 22 heavy (non-hydrogen) atoms. The van der Waals surface area contributed by atoms with Crippen LogP contribution in [-0.4, -0.2) is 43.1 Å². The third kappa shape index (κ3) is 3.96. The van der Waals surface area contributed by atoms with Gasteiger partial charge in [-0.25, -0.2) is 9.18 Å². The summed E-state index contributed by atoms with van der Waals surface area (Å²) in [7, 11) is 1.32. The Morgan fingerprint density at radius 3 is 2.82 bits per heavy atom. The molecular formula is C16H20FNO4. The number of piperidine rings is 1. The number of carbonyl (C=O) groups is 2. The maximum Gasteiger partial charge on any atom is 0.328 e. The lowest BCUT2D eigenvalue weighted by atomic mass is 10.0. The maximum absolute atomic E-state index is 13.4. The summed E-state index contributed by atoms with van der Waals surface area (Å²) in [4.78, 5) is 25.5. The second-order valence-corrected chi connectivity index (χ2v) is 5.15. The van der Waals surface area contributed by atoms with Gasteiger partial charge in [-0.2, -0.15) is 0 Å². The molecule has 1 unspecified atom stereocenters. The van der Waals surface area contributed by atoms with Crippen LogP contribution in [0, 0.1) is 5.82 Å². The first-order valence-electron chi connectivity index (χ1n) is 7.38. The number of benzene rings is 1. The number of esters is 1. The highest BCUT2D eigenvalue weighted by Crippen LogP contribution is 2.20. The van der Waals surface area contributed by atoms with Crippen molar-refractivity contribution in [1.82, 2.24) is 4.90 Å². The first-order chi connectivity index (χ1) is 10.6. The predicted octanol–water partition coefficient (Wildman–Crippen LogP) is 2.15. The lowest BCUT2D eigenvalue weighted by molar-refractivity contribution is -0.154. The van der Waals surface area contributed by atoms with Gasteiger partial charge in [0.25, 0.3) is 0 Å². The van der Waals surface area contributed by atoms with E-state index in [1.54, 1.807) is 17.0 Å². The van der Waals surface area contributed by atoms with Gasteiger partial charge in [0.15, 0.2) is 11.6 Å². The summed E-state index contributed by atoms with van der Waals surface area (Å²) >= 11 is 0. The van der Waals surface area contributed by atoms with Crippen molar-refractivity contribution >= 4 is 11.9 Å². The van der Waals surface area contributed by atoms with Crippen molar-refractivity contribution in [1.29, 1.82) is 0 Å². The molecular weight excluding hydrogens is 289 g/mol. The first kappa shape index (κ1) is 16.3. The second kappa shape index (κ2) is 7.77. The Hall–Kier alpha value is -2.11. The molecule has 1 aliphatic rings. The van der Waals surface area contributed by atoms with E-state index in [1.165, 1.54) is 19.2 Å². The third-order valence-electron chi connectivity index (χ3n) is 3.71. The van der Waals surface area contributed by atoms with Gasteiger partial charge in [0.2, 0.25) is 5.91 Å². The van der Waals surface area contributed by atoms with E-state index in [-0.39, 0.29) is 30.7 Å². The molecule has 5 nitrogen and oxygen atoms in total. The topological polar surface area (TPSA) is 55.8 Å². The molecule has 0 spiro atoms. The number of para-hydroxylation sites is 1. The van der Waals surface area contributed by atoms with Crippen molar-refractivity contribution in [3.05, 3.63) is 30.1 Å². The fourth-order valence-electron chi connectivity index (χ4n) is 2.56. The van der Waals surface area contributed by atoms with Gasteiger partial charge in [0, 0.05) is 6.54 Å². The van der Waals surface area contributed by atoms with E-state index in [0.717, 1.165) is 12.8 Å². The molecule has 1 aliphatic heterocycles. The smallest absolute Gasteiger partial charge is 0.328 e. The van der Waals surface area contributed by atoms with Gasteiger partial charge in [0.05, 0.1) is 20.1 Å². The number of hydrogen-bond donors (Lipinski definition) is 0. The quantitative estimate of drug-likeness (QED) is 0.782. The maximum atomic E-state index is 13.4. The monoisotopic (exact) mass is 309 g/mol. The highest BCUT2D eigenvalue weighted by atomic mass is 19.1. The Bertz CT molecular complexity index is 535. The van der Waals surface area contributed by atoms with Gasteiger partial charge >= 0.3 is 5.97 Å². The zero-order chi connectivity index (χ0) is 15.9. The number of rotatable bonds is 5. The van der Waals surface area contributed by atoms with E-state index in [0.29, 0.717) is 13.0 Å². The summed E-state index contributed by atoms with van der Waals surface area (Å²) in [6, 6.07) is 5.53. The van der Waals surface area contributed by atoms with E-state index in [4.69, 9.17) is 9.47 Å². The van der Waals surface area contributed by atoms with Crippen molar-refractivity contribution < 1.29 is 23.5 Å². The molecule has 0 bridgehead atoms. The summed E-state index contributed by atoms with van der Waals surface area (Å²) in [5.74, 6) is -0.895. The molecule has 2 rings (SSSR count). The predicted molar refractivity (Wildman–Crippen MR) is 77.9 cm³/mol. The lowest BCUT2D eigenvalue weighted by Gasteiger charge is -2.33. The number of ether oxygens (including phenoxy) is 2. The summed E-state index contributed by atoms with van der Waals surface area (Å²) < 4.78 is 23.4. The molecule has 1 amide bonds. The minimum absolute atomic E-state index is 0.0736. The van der Waals surface area contributed by atoms with Crippen LogP contribution >= 0.6 is 0 Å². The van der Waals surface area contributed by atoms with Gasteiger partial charge < -0.3 is 14.4 Å². The molecule has 1 aromatic carbocycles. The molecule has 1 aromatic rings. The molecule has 0 N–H and O–H groups in total. The Morgan fingerprint density at radius 2 is 2.09 bits per heavy atom. The van der Waals surface area contributed by atoms with Gasteiger partial charge in [0.1, 0.15) is 6.04 Å². The minimum atomic E-state index is -0.514. The van der Waals surface area contributed by atoms with Crippen LogP contribution in [0.15, 0.2) is 24.3 Å². The zero-order valence-corrected chi connectivity index (χ0v) is 12.6. The van der Waals surface area contributed by atoms with Crippen LogP contribution in [0.1, 0.15) is 25.7 Å². The SMILES string of the molecule is COC(=O)C1CCCCN1C(=O)CCOc1ccccc1F. The Balaban J connectivity index is 1.88. The van der Waals surface area contributed by atoms with Crippen LogP contribution in [0.4, 0.5) is 4.39 Å². The van der Waals surface area contributed by atoms with Gasteiger partial charge in [-0.1, -0.05) is 12.1 Å². The van der Waals surface area contributed by atoms with Crippen LogP contribution in [0.2, 0.25) is 0 Å². The van der Waals surface area contributed by atoms with Crippen LogP contribution in [0.25, 0.3) is 0 Å². The number of hydrogen-bond acceptors (Lipinski definition) is 4. The van der Waals surface area contributed by atoms with Crippen molar-refractivity contribution in [2.45, 2.75) is 31.7 Å². The lowest BCUT2D eigenvalue weighted by Crippen LogP contribution is -2.48. The third-order valence-corrected chi connectivity index (χ3v) is 3.71. The Morgan fingerprint density at radius 1 is 1.32 bits per heavy atom. The van der Waals surface area contributed by atoms with Gasteiger partial charge in [-0.3, -0.25) is 4.79 Å². The van der Waals surface area contributed by atoms with E-state index in [1.807, 2.05) is 0 Å². The number of likely N-dealkylation sites (tertiary alicyclic amines) is 1. The second-order valence-electron chi connectivity index (χ2n) is 5.15. The van der Waals surface area contributed by atoms with E-state index in [2.05, 4.69) is 0 Å². The standard InChI is InChI=1S/C16H20FNO4/c1-21-16(20)13-7-4-5-10-18(13)15(19)9-11-22-14-8-3-2-6-12(14)17/h2-3,6,8,13H,4-5,7,9-11H2,1H3. The average molecular weight is 309 g/mol. The summed E-state index contributed by atoms with van der Waals surface area (Å²) in [6.45, 7) is 0.614. The number of nitrogens with zero attached hydrogens (tertiary/aromatic N) is 1. The Labute approximate surface area is 129 Å². The molecule has 120 valence electrons. The molecule has 1 heterocycles. The molecule has 0 aliphatic carbocycles. The number of halogens is 1. The van der Waals surface area contributed by atoms with E-state index >= 15 is 0 Å². The molecule has 1 atom stereocenters. The summed E-state index contributed by atoms with van der Waals surface area (Å²) in [5, 5.41) is 0. The Kier molecular flexibility index (Phi) is 5.75. The van der Waals surface area contributed by atoms with Crippen LogP contribution in [-0.2, 0) is 14.3 Å². The van der Waals surface area contributed by atoms with Gasteiger partial charge in [-0.15, -0.1) is 0 Å². The summed E-state index contributed by atoms with van der Waals surface area (Å²) in [6.07, 6.45) is 2.48. The summed E-state index contributed by atoms with van der Waals surface area (Å²) in [5.41, 5.74) is 0. The van der Waals surface area contributed by atoms with Crippen molar-refractivity contribution in [3.8, 4) is 5.75 Å². The van der Waals surface area contributed by atoms with Crippen LogP contribution in [0.5, 0.6) is 5.75 Å². The van der Waals surface area contributed by atoms with Crippen molar-refractivity contribution in [2.24, 2.45) is 0 Å². The average Bonchev–Trinajstić information content (AvgIpc) is 2.55. The fourth-order valence-corrected chi connectivity index (χ4v) is 2.56. The molecule has 0 aromatic heterocycles. The number of amides is 1. The van der Waals surface area contributed by atoms with Gasteiger partial charge in [-0.05, 0) is 31.4 Å². The molecule has 1 saturated heterocycles. The number of carbonyl (C=O) groups excluding carboxylic acids is 2. The largest absolute Gasteiger partial charge is 0.490 e. The fraction of sp³-hybridized carbons (Fsp3) is 0.500. The van der Waals surface area contributed by atoms with Crippen molar-refractivity contribution in [2.75, 3.05) is 20.3 Å². The first-order valence-corrected chi connectivity index (χ1v) is 7.38. The minimum Gasteiger partial charge on any atom is -0.490 e. The molecule has 1 fully saturated rings. The molecule has 0 radical (unpaired) electrons. The van der Waals surface area contributed by atoms with E-state index < -0.39 is 11.9 Å².